The third kappa shape index (κ3) is 3.07. The average molecular weight is 412 g/mol. The second kappa shape index (κ2) is 6.68. The normalized spacial score (nSPS) is 15.1. The number of nitrogens with zero attached hydrogens (tertiary/aromatic N) is 4. The third-order valence-corrected chi connectivity index (χ3v) is 5.95. The van der Waals surface area contributed by atoms with Crippen LogP contribution < -0.4 is 5.56 Å². The van der Waals surface area contributed by atoms with E-state index in [9.17, 15) is 18.0 Å². The number of hydrogen-bond donors (Lipinski definition) is 0. The summed E-state index contributed by atoms with van der Waals surface area (Å²) < 4.78 is 42.2. The second-order valence-electron chi connectivity index (χ2n) is 7.94. The summed E-state index contributed by atoms with van der Waals surface area (Å²) in [7, 11) is 1.65. The largest absolute Gasteiger partial charge is 0.433 e. The lowest BCUT2D eigenvalue weighted by atomic mass is 9.81. The van der Waals surface area contributed by atoms with Crippen LogP contribution >= 0.6 is 0 Å². The first-order valence-electron chi connectivity index (χ1n) is 9.86. The topological polar surface area (TPSA) is 52.2 Å². The first kappa shape index (κ1) is 18.8. The van der Waals surface area contributed by atoms with Gasteiger partial charge >= 0.3 is 6.18 Å². The smallest absolute Gasteiger partial charge is 0.296 e. The summed E-state index contributed by atoms with van der Waals surface area (Å²) in [6.07, 6.45) is 1.25. The molecule has 30 heavy (non-hydrogen) atoms. The Morgan fingerprint density at radius 3 is 2.63 bits per heavy atom. The summed E-state index contributed by atoms with van der Waals surface area (Å²) in [6, 6.07) is 9.88. The Labute approximate surface area is 169 Å². The van der Waals surface area contributed by atoms with Crippen LogP contribution in [0.3, 0.4) is 0 Å². The van der Waals surface area contributed by atoms with Crippen molar-refractivity contribution in [2.45, 2.75) is 31.9 Å². The Morgan fingerprint density at radius 2 is 1.93 bits per heavy atom. The molecule has 3 aromatic heterocycles. The first-order valence-corrected chi connectivity index (χ1v) is 9.86. The van der Waals surface area contributed by atoms with Crippen LogP contribution in [0.5, 0.6) is 0 Å². The Hall–Kier alpha value is -3.16. The maximum absolute atomic E-state index is 13.0. The SMILES string of the molecule is Cn1c(=O)c2cc(CC3CCC3)ccc2n2nc(-c3ccnc(C(F)(F)F)c3)cc12. The average Bonchev–Trinajstić information content (AvgIpc) is 3.14. The van der Waals surface area contributed by atoms with Crippen molar-refractivity contribution < 1.29 is 13.2 Å². The predicted octanol–water partition coefficient (Wildman–Crippen LogP) is 4.61. The summed E-state index contributed by atoms with van der Waals surface area (Å²) in [5.41, 5.74) is 1.80. The number of aromatic nitrogens is 4. The molecular weight excluding hydrogens is 393 g/mol. The molecule has 0 aliphatic heterocycles. The van der Waals surface area contributed by atoms with Gasteiger partial charge in [-0.15, -0.1) is 0 Å². The van der Waals surface area contributed by atoms with Gasteiger partial charge in [-0.3, -0.25) is 14.3 Å². The van der Waals surface area contributed by atoms with Crippen LogP contribution in [0.15, 0.2) is 47.4 Å². The Morgan fingerprint density at radius 1 is 1.13 bits per heavy atom. The molecule has 0 atom stereocenters. The van der Waals surface area contributed by atoms with E-state index in [0.29, 0.717) is 33.7 Å². The van der Waals surface area contributed by atoms with Crippen molar-refractivity contribution in [1.29, 1.82) is 0 Å². The molecule has 1 saturated carbocycles. The van der Waals surface area contributed by atoms with Gasteiger partial charge in [0.15, 0.2) is 0 Å². The van der Waals surface area contributed by atoms with E-state index < -0.39 is 11.9 Å². The first-order chi connectivity index (χ1) is 14.3. The maximum Gasteiger partial charge on any atom is 0.433 e. The van der Waals surface area contributed by atoms with E-state index in [1.807, 2.05) is 18.2 Å². The van der Waals surface area contributed by atoms with Gasteiger partial charge in [-0.05, 0) is 42.2 Å². The van der Waals surface area contributed by atoms with Gasteiger partial charge < -0.3 is 0 Å². The van der Waals surface area contributed by atoms with E-state index >= 15 is 0 Å². The summed E-state index contributed by atoms with van der Waals surface area (Å²) >= 11 is 0. The minimum Gasteiger partial charge on any atom is -0.296 e. The van der Waals surface area contributed by atoms with Crippen LogP contribution in [0.25, 0.3) is 27.8 Å². The van der Waals surface area contributed by atoms with Gasteiger partial charge in [-0.1, -0.05) is 25.3 Å². The van der Waals surface area contributed by atoms with Crippen LogP contribution in [0.2, 0.25) is 0 Å². The molecule has 0 unspecified atom stereocenters. The fourth-order valence-electron chi connectivity index (χ4n) is 4.05. The van der Waals surface area contributed by atoms with Gasteiger partial charge in [0.1, 0.15) is 11.3 Å². The molecule has 5 nitrogen and oxygen atoms in total. The minimum absolute atomic E-state index is 0.148. The molecule has 1 fully saturated rings. The number of aryl methyl sites for hydroxylation is 1. The highest BCUT2D eigenvalue weighted by atomic mass is 19.4. The molecule has 1 aliphatic carbocycles. The van der Waals surface area contributed by atoms with Crippen molar-refractivity contribution in [2.24, 2.45) is 13.0 Å². The zero-order valence-electron chi connectivity index (χ0n) is 16.3. The molecule has 1 aliphatic rings. The van der Waals surface area contributed by atoms with Crippen LogP contribution in [-0.2, 0) is 19.6 Å². The lowest BCUT2D eigenvalue weighted by Gasteiger charge is -2.25. The molecule has 0 saturated heterocycles. The third-order valence-electron chi connectivity index (χ3n) is 5.95. The monoisotopic (exact) mass is 412 g/mol. The lowest BCUT2D eigenvalue weighted by Crippen LogP contribution is -2.20. The van der Waals surface area contributed by atoms with Crippen molar-refractivity contribution in [1.82, 2.24) is 19.2 Å². The number of pyridine rings is 1. The van der Waals surface area contributed by atoms with Crippen molar-refractivity contribution in [3.8, 4) is 11.3 Å². The zero-order chi connectivity index (χ0) is 21.0. The summed E-state index contributed by atoms with van der Waals surface area (Å²) in [5.74, 6) is 0.681. The van der Waals surface area contributed by atoms with Gasteiger partial charge in [-0.25, -0.2) is 4.52 Å². The fraction of sp³-hybridized carbons (Fsp3) is 0.318. The van der Waals surface area contributed by atoms with Gasteiger partial charge in [0.2, 0.25) is 0 Å². The highest BCUT2D eigenvalue weighted by molar-refractivity contribution is 5.82. The van der Waals surface area contributed by atoms with Crippen molar-refractivity contribution in [3.05, 3.63) is 64.2 Å². The standard InChI is InChI=1S/C22H19F3N4O/c1-28-20-12-17(15-7-8-26-19(11-15)22(23,24)25)27-29(20)18-6-5-14(9-13-3-2-4-13)10-16(18)21(28)30/h5-8,10-13H,2-4,9H2,1H3. The molecule has 0 amide bonds. The van der Waals surface area contributed by atoms with Crippen LogP contribution in [-0.4, -0.2) is 19.2 Å². The van der Waals surface area contributed by atoms with Crippen molar-refractivity contribution >= 4 is 16.6 Å². The van der Waals surface area contributed by atoms with E-state index in [-0.39, 0.29) is 5.56 Å². The van der Waals surface area contributed by atoms with Gasteiger partial charge in [-0.2, -0.15) is 18.3 Å². The van der Waals surface area contributed by atoms with E-state index in [1.54, 1.807) is 17.6 Å². The highest BCUT2D eigenvalue weighted by Gasteiger charge is 2.32. The van der Waals surface area contributed by atoms with Crippen LogP contribution in [0.4, 0.5) is 13.2 Å². The zero-order valence-corrected chi connectivity index (χ0v) is 16.3. The van der Waals surface area contributed by atoms with E-state index in [0.717, 1.165) is 24.2 Å². The molecule has 0 spiro atoms. The number of fused-ring (bicyclic) bond motifs is 3. The van der Waals surface area contributed by atoms with Crippen molar-refractivity contribution in [2.75, 3.05) is 0 Å². The van der Waals surface area contributed by atoms with E-state index in [1.165, 1.54) is 29.9 Å². The number of alkyl halides is 3. The van der Waals surface area contributed by atoms with Crippen LogP contribution in [0.1, 0.15) is 30.5 Å². The van der Waals surface area contributed by atoms with E-state index in [2.05, 4.69) is 10.1 Å². The number of hydrogen-bond acceptors (Lipinski definition) is 3. The van der Waals surface area contributed by atoms with Crippen LogP contribution in [0, 0.1) is 5.92 Å². The Balaban J connectivity index is 1.66. The van der Waals surface area contributed by atoms with Crippen molar-refractivity contribution in [3.63, 3.8) is 0 Å². The molecule has 8 heteroatoms. The quantitative estimate of drug-likeness (QED) is 0.494. The molecule has 5 rings (SSSR count). The second-order valence-corrected chi connectivity index (χ2v) is 7.94. The molecule has 0 N–H and O–H groups in total. The maximum atomic E-state index is 13.0. The molecule has 154 valence electrons. The molecule has 0 radical (unpaired) electrons. The predicted molar refractivity (Wildman–Crippen MR) is 107 cm³/mol. The van der Waals surface area contributed by atoms with Gasteiger partial charge in [0.05, 0.1) is 16.6 Å². The summed E-state index contributed by atoms with van der Waals surface area (Å²) in [5, 5.41) is 5.07. The molecular formula is C22H19F3N4O. The molecule has 0 bridgehead atoms. The number of benzene rings is 1. The molecule has 4 aromatic rings. The Kier molecular flexibility index (Phi) is 4.20. The fourth-order valence-corrected chi connectivity index (χ4v) is 4.05. The Bertz CT molecular complexity index is 1330. The van der Waals surface area contributed by atoms with Gasteiger partial charge in [0, 0.05) is 24.9 Å². The van der Waals surface area contributed by atoms with E-state index in [4.69, 9.17) is 0 Å². The van der Waals surface area contributed by atoms with Gasteiger partial charge in [0.25, 0.3) is 5.56 Å². The molecule has 3 heterocycles. The number of halogens is 3. The number of rotatable bonds is 3. The molecule has 1 aromatic carbocycles. The summed E-state index contributed by atoms with van der Waals surface area (Å²) in [4.78, 5) is 16.4. The summed E-state index contributed by atoms with van der Waals surface area (Å²) in [6.45, 7) is 0. The highest BCUT2D eigenvalue weighted by Crippen LogP contribution is 2.32. The minimum atomic E-state index is -4.54. The lowest BCUT2D eigenvalue weighted by molar-refractivity contribution is -0.141.